The monoisotopic (exact) mass is 449 g/mol. The molecule has 0 bridgehead atoms. The van der Waals surface area contributed by atoms with Crippen LogP contribution in [0.3, 0.4) is 0 Å². The summed E-state index contributed by atoms with van der Waals surface area (Å²) in [6, 6.07) is 6.28. The summed E-state index contributed by atoms with van der Waals surface area (Å²) in [5.41, 5.74) is 0.506. The fourth-order valence-electron chi connectivity index (χ4n) is 3.00. The van der Waals surface area contributed by atoms with Crippen LogP contribution in [-0.4, -0.2) is 63.5 Å². The van der Waals surface area contributed by atoms with E-state index in [4.69, 9.17) is 16.3 Å². The first-order valence-electron chi connectivity index (χ1n) is 9.58. The maximum atomic E-state index is 12.5. The Balaban J connectivity index is 1.66. The molecule has 160 valence electrons. The quantitative estimate of drug-likeness (QED) is 0.492. The molecule has 8 nitrogen and oxygen atoms in total. The summed E-state index contributed by atoms with van der Waals surface area (Å²) < 4.78 is 7.14. The first-order chi connectivity index (χ1) is 14.5. The zero-order valence-corrected chi connectivity index (χ0v) is 18.3. The number of benzene rings is 1. The molecule has 1 atom stereocenters. The maximum absolute atomic E-state index is 12.5. The number of hydrogen-bond donors (Lipinski definition) is 1. The Morgan fingerprint density at radius 1 is 1.30 bits per heavy atom. The highest BCUT2D eigenvalue weighted by molar-refractivity contribution is 7.99. The highest BCUT2D eigenvalue weighted by Gasteiger charge is 2.22. The van der Waals surface area contributed by atoms with E-state index in [2.05, 4.69) is 22.1 Å². The Morgan fingerprint density at radius 2 is 2.00 bits per heavy atom. The highest BCUT2D eigenvalue weighted by Crippen LogP contribution is 2.22. The SMILES string of the molecule is C=CCn1c(SCC(=O)N2CCOCC2)nnc1[C@H](C)NC(=O)c1ccc(Cl)cc1. The van der Waals surface area contributed by atoms with Crippen LogP contribution in [0.4, 0.5) is 0 Å². The lowest BCUT2D eigenvalue weighted by molar-refractivity contribution is -0.132. The Bertz CT molecular complexity index is 896. The molecule has 1 aromatic carbocycles. The third-order valence-corrected chi connectivity index (χ3v) is 5.79. The maximum Gasteiger partial charge on any atom is 0.251 e. The van der Waals surface area contributed by atoms with Crippen LogP contribution in [0, 0.1) is 0 Å². The van der Waals surface area contributed by atoms with Crippen molar-refractivity contribution in [1.82, 2.24) is 25.0 Å². The molecule has 30 heavy (non-hydrogen) atoms. The average molecular weight is 450 g/mol. The van der Waals surface area contributed by atoms with Crippen molar-refractivity contribution in [3.8, 4) is 0 Å². The summed E-state index contributed by atoms with van der Waals surface area (Å²) in [5, 5.41) is 12.6. The highest BCUT2D eigenvalue weighted by atomic mass is 35.5. The number of nitrogens with zero attached hydrogens (tertiary/aromatic N) is 4. The summed E-state index contributed by atoms with van der Waals surface area (Å²) in [7, 11) is 0. The van der Waals surface area contributed by atoms with Crippen LogP contribution in [0.5, 0.6) is 0 Å². The van der Waals surface area contributed by atoms with Crippen LogP contribution in [0.1, 0.15) is 29.1 Å². The number of allylic oxidation sites excluding steroid dienone is 1. The summed E-state index contributed by atoms with van der Waals surface area (Å²) in [6.07, 6.45) is 1.73. The van der Waals surface area contributed by atoms with Gasteiger partial charge >= 0.3 is 0 Å². The molecule has 2 aromatic rings. The Labute approximate surface area is 184 Å². The minimum absolute atomic E-state index is 0.0436. The van der Waals surface area contributed by atoms with Crippen molar-refractivity contribution in [3.63, 3.8) is 0 Å². The van der Waals surface area contributed by atoms with Gasteiger partial charge in [0, 0.05) is 30.2 Å². The summed E-state index contributed by atoms with van der Waals surface area (Å²) in [5.74, 6) is 0.672. The number of aromatic nitrogens is 3. The first kappa shape index (κ1) is 22.3. The molecule has 0 aliphatic carbocycles. The molecular weight excluding hydrogens is 426 g/mol. The molecule has 0 saturated carbocycles. The molecule has 10 heteroatoms. The van der Waals surface area contributed by atoms with E-state index in [-0.39, 0.29) is 23.6 Å². The molecular formula is C20H24ClN5O3S. The van der Waals surface area contributed by atoms with E-state index in [1.807, 2.05) is 11.5 Å². The standard InChI is InChI=1S/C20H24ClN5O3S/c1-3-8-26-18(14(2)22-19(28)15-4-6-16(21)7-5-15)23-24-20(26)30-13-17(27)25-9-11-29-12-10-25/h3-7,14H,1,8-13H2,2H3,(H,22,28)/t14-/m0/s1. The lowest BCUT2D eigenvalue weighted by Crippen LogP contribution is -2.41. The molecule has 1 saturated heterocycles. The van der Waals surface area contributed by atoms with Gasteiger partial charge in [-0.1, -0.05) is 29.4 Å². The number of carbonyl (C=O) groups is 2. The third kappa shape index (κ3) is 5.62. The largest absolute Gasteiger partial charge is 0.378 e. The van der Waals surface area contributed by atoms with Gasteiger partial charge in [-0.2, -0.15) is 0 Å². The second-order valence-corrected chi connectivity index (χ2v) is 8.10. The predicted molar refractivity (Wildman–Crippen MR) is 116 cm³/mol. The molecule has 0 spiro atoms. The van der Waals surface area contributed by atoms with Crippen molar-refractivity contribution >= 4 is 35.2 Å². The number of morpholine rings is 1. The van der Waals surface area contributed by atoms with E-state index in [9.17, 15) is 9.59 Å². The number of hydrogen-bond acceptors (Lipinski definition) is 6. The van der Waals surface area contributed by atoms with Gasteiger partial charge in [-0.05, 0) is 31.2 Å². The van der Waals surface area contributed by atoms with Gasteiger partial charge in [-0.15, -0.1) is 16.8 Å². The molecule has 2 heterocycles. The van der Waals surface area contributed by atoms with Gasteiger partial charge in [-0.3, -0.25) is 9.59 Å². The fraction of sp³-hybridized carbons (Fsp3) is 0.400. The van der Waals surface area contributed by atoms with Gasteiger partial charge in [-0.25, -0.2) is 0 Å². The van der Waals surface area contributed by atoms with Crippen molar-refractivity contribution in [2.24, 2.45) is 0 Å². The van der Waals surface area contributed by atoms with Crippen LogP contribution in [0.15, 0.2) is 42.1 Å². The number of thioether (sulfide) groups is 1. The second kappa shape index (κ2) is 10.6. The van der Waals surface area contributed by atoms with E-state index < -0.39 is 0 Å². The topological polar surface area (TPSA) is 89.3 Å². The number of rotatable bonds is 8. The van der Waals surface area contributed by atoms with E-state index in [1.165, 1.54) is 11.8 Å². The Morgan fingerprint density at radius 3 is 2.67 bits per heavy atom. The van der Waals surface area contributed by atoms with Crippen molar-refractivity contribution in [2.75, 3.05) is 32.1 Å². The molecule has 1 N–H and O–H groups in total. The van der Waals surface area contributed by atoms with Gasteiger partial charge in [0.2, 0.25) is 5.91 Å². The van der Waals surface area contributed by atoms with Gasteiger partial charge in [0.05, 0.1) is 25.0 Å². The Hall–Kier alpha value is -2.36. The number of carbonyl (C=O) groups excluding carboxylic acids is 2. The van der Waals surface area contributed by atoms with Crippen molar-refractivity contribution in [1.29, 1.82) is 0 Å². The summed E-state index contributed by atoms with van der Waals surface area (Å²) >= 11 is 7.21. The molecule has 0 radical (unpaired) electrons. The lowest BCUT2D eigenvalue weighted by atomic mass is 10.2. The van der Waals surface area contributed by atoms with Crippen LogP contribution in [-0.2, 0) is 16.1 Å². The van der Waals surface area contributed by atoms with Gasteiger partial charge in [0.25, 0.3) is 5.91 Å². The molecule has 3 rings (SSSR count). The predicted octanol–water partition coefficient (Wildman–Crippen LogP) is 2.56. The molecule has 1 aliphatic heterocycles. The molecule has 0 unspecified atom stereocenters. The molecule has 1 aliphatic rings. The van der Waals surface area contributed by atoms with Crippen molar-refractivity contribution < 1.29 is 14.3 Å². The molecule has 1 fully saturated rings. The summed E-state index contributed by atoms with van der Waals surface area (Å²) in [6.45, 7) is 8.45. The smallest absolute Gasteiger partial charge is 0.251 e. The molecule has 1 aromatic heterocycles. The van der Waals surface area contributed by atoms with Crippen molar-refractivity contribution in [2.45, 2.75) is 24.7 Å². The number of amides is 2. The first-order valence-corrected chi connectivity index (χ1v) is 10.9. The zero-order valence-electron chi connectivity index (χ0n) is 16.7. The van der Waals surface area contributed by atoms with Crippen LogP contribution < -0.4 is 5.32 Å². The van der Waals surface area contributed by atoms with Crippen LogP contribution in [0.25, 0.3) is 0 Å². The minimum atomic E-state index is -0.384. The number of halogens is 1. The molecule has 2 amide bonds. The Kier molecular flexibility index (Phi) is 7.89. The van der Waals surface area contributed by atoms with Gasteiger partial charge in [0.1, 0.15) is 0 Å². The van der Waals surface area contributed by atoms with E-state index >= 15 is 0 Å². The van der Waals surface area contributed by atoms with E-state index in [1.54, 1.807) is 35.2 Å². The minimum Gasteiger partial charge on any atom is -0.378 e. The average Bonchev–Trinajstić information content (AvgIpc) is 3.16. The normalized spacial score (nSPS) is 14.9. The zero-order chi connectivity index (χ0) is 21.5. The number of nitrogens with one attached hydrogen (secondary N) is 1. The third-order valence-electron chi connectivity index (χ3n) is 4.59. The summed E-state index contributed by atoms with van der Waals surface area (Å²) in [4.78, 5) is 26.7. The van der Waals surface area contributed by atoms with Gasteiger partial charge < -0.3 is 19.5 Å². The van der Waals surface area contributed by atoms with Gasteiger partial charge in [0.15, 0.2) is 11.0 Å². The van der Waals surface area contributed by atoms with Crippen molar-refractivity contribution in [3.05, 3.63) is 53.3 Å². The van der Waals surface area contributed by atoms with Crippen LogP contribution >= 0.6 is 23.4 Å². The second-order valence-electron chi connectivity index (χ2n) is 6.72. The number of ether oxygens (including phenoxy) is 1. The lowest BCUT2D eigenvalue weighted by Gasteiger charge is -2.26. The van der Waals surface area contributed by atoms with E-state index in [0.717, 1.165) is 0 Å². The fourth-order valence-corrected chi connectivity index (χ4v) is 3.99. The van der Waals surface area contributed by atoms with E-state index in [0.29, 0.717) is 54.4 Å². The van der Waals surface area contributed by atoms with Crippen LogP contribution in [0.2, 0.25) is 5.02 Å².